The summed E-state index contributed by atoms with van der Waals surface area (Å²) in [6.45, 7) is 6.07. The van der Waals surface area contributed by atoms with Gasteiger partial charge in [-0.05, 0) is 44.5 Å². The predicted molar refractivity (Wildman–Crippen MR) is 121 cm³/mol. The normalized spacial score (nSPS) is 15.6. The first-order valence-electron chi connectivity index (χ1n) is 10.4. The van der Waals surface area contributed by atoms with E-state index in [1.165, 1.54) is 0 Å². The molecule has 9 nitrogen and oxygen atoms in total. The molecule has 2 N–H and O–H groups in total. The molecule has 1 aliphatic heterocycles. The zero-order valence-electron chi connectivity index (χ0n) is 18.5. The fourth-order valence-electron chi connectivity index (χ4n) is 3.96. The van der Waals surface area contributed by atoms with Crippen LogP contribution in [0.2, 0.25) is 0 Å². The van der Waals surface area contributed by atoms with Crippen molar-refractivity contribution in [1.29, 1.82) is 5.26 Å². The van der Waals surface area contributed by atoms with E-state index in [1.807, 2.05) is 55.8 Å². The van der Waals surface area contributed by atoms with E-state index in [0.29, 0.717) is 23.0 Å². The van der Waals surface area contributed by atoms with Gasteiger partial charge in [-0.3, -0.25) is 0 Å². The molecular weight excluding hydrogens is 416 g/mol. The van der Waals surface area contributed by atoms with Crippen LogP contribution in [0.4, 0.5) is 0 Å². The maximum atomic E-state index is 10.0. The van der Waals surface area contributed by atoms with Gasteiger partial charge in [-0.2, -0.15) is 10.4 Å². The molecule has 4 heterocycles. The van der Waals surface area contributed by atoms with Crippen molar-refractivity contribution in [3.8, 4) is 29.2 Å². The Labute approximate surface area is 190 Å². The van der Waals surface area contributed by atoms with Gasteiger partial charge in [0.25, 0.3) is 0 Å². The van der Waals surface area contributed by atoms with Crippen LogP contribution in [-0.4, -0.2) is 29.3 Å². The first kappa shape index (κ1) is 20.5. The summed E-state index contributed by atoms with van der Waals surface area (Å²) >= 11 is 0. The standard InChI is InChI=1S/C24H22N8O/c1-24(2,3)32-23-19(20(30-32)22-28-9-4-10-29-22)18(17(13-25)21(26)33-23)15-5-7-16(8-6-15)31-12-11-27-14-31/h4-12,14,18H,26H2,1-3H3. The maximum absolute atomic E-state index is 10.0. The van der Waals surface area contributed by atoms with Gasteiger partial charge in [0.1, 0.15) is 17.3 Å². The first-order chi connectivity index (χ1) is 15.9. The summed E-state index contributed by atoms with van der Waals surface area (Å²) in [5, 5.41) is 14.8. The molecular formula is C24H22N8O. The van der Waals surface area contributed by atoms with E-state index in [-0.39, 0.29) is 5.88 Å². The molecule has 164 valence electrons. The molecule has 0 fully saturated rings. The van der Waals surface area contributed by atoms with E-state index >= 15 is 0 Å². The van der Waals surface area contributed by atoms with Crippen molar-refractivity contribution in [1.82, 2.24) is 29.3 Å². The second-order valence-corrected chi connectivity index (χ2v) is 8.71. The number of nitrogens with two attached hydrogens (primary N) is 1. The minimum atomic E-state index is -0.481. The van der Waals surface area contributed by atoms with Crippen molar-refractivity contribution < 1.29 is 4.74 Å². The summed E-state index contributed by atoms with van der Waals surface area (Å²) in [6.07, 6.45) is 8.66. The van der Waals surface area contributed by atoms with Crippen LogP contribution in [0, 0.1) is 11.3 Å². The highest BCUT2D eigenvalue weighted by molar-refractivity contribution is 5.67. The number of imidazole rings is 1. The van der Waals surface area contributed by atoms with Crippen LogP contribution in [0.3, 0.4) is 0 Å². The fourth-order valence-corrected chi connectivity index (χ4v) is 3.96. The van der Waals surface area contributed by atoms with E-state index in [1.54, 1.807) is 35.7 Å². The highest BCUT2D eigenvalue weighted by Crippen LogP contribution is 2.47. The lowest BCUT2D eigenvalue weighted by atomic mass is 9.83. The molecule has 1 unspecified atom stereocenters. The molecule has 0 saturated heterocycles. The van der Waals surface area contributed by atoms with Crippen molar-refractivity contribution in [3.63, 3.8) is 0 Å². The Morgan fingerprint density at radius 1 is 1.09 bits per heavy atom. The number of hydrogen-bond acceptors (Lipinski definition) is 7. The van der Waals surface area contributed by atoms with Crippen LogP contribution in [0.1, 0.15) is 37.8 Å². The van der Waals surface area contributed by atoms with Gasteiger partial charge in [-0.25, -0.2) is 19.6 Å². The molecule has 5 rings (SSSR count). The summed E-state index contributed by atoms with van der Waals surface area (Å²) in [4.78, 5) is 12.9. The van der Waals surface area contributed by atoms with Gasteiger partial charge >= 0.3 is 0 Å². The van der Waals surface area contributed by atoms with Gasteiger partial charge in [-0.1, -0.05) is 12.1 Å². The number of fused-ring (bicyclic) bond motifs is 1. The van der Waals surface area contributed by atoms with Crippen molar-refractivity contribution in [2.24, 2.45) is 5.73 Å². The first-order valence-corrected chi connectivity index (χ1v) is 10.4. The lowest BCUT2D eigenvalue weighted by molar-refractivity contribution is 0.278. The van der Waals surface area contributed by atoms with Gasteiger partial charge in [-0.15, -0.1) is 0 Å². The molecule has 33 heavy (non-hydrogen) atoms. The van der Waals surface area contributed by atoms with Crippen molar-refractivity contribution in [2.45, 2.75) is 32.2 Å². The molecule has 0 aliphatic carbocycles. The quantitative estimate of drug-likeness (QED) is 0.520. The largest absolute Gasteiger partial charge is 0.422 e. The molecule has 4 aromatic rings. The van der Waals surface area contributed by atoms with Gasteiger partial charge in [0.15, 0.2) is 5.82 Å². The Bertz CT molecular complexity index is 1370. The molecule has 0 spiro atoms. The summed E-state index contributed by atoms with van der Waals surface area (Å²) in [7, 11) is 0. The molecule has 3 aromatic heterocycles. The molecule has 1 aliphatic rings. The van der Waals surface area contributed by atoms with Crippen molar-refractivity contribution in [3.05, 3.63) is 84.0 Å². The molecule has 1 aromatic carbocycles. The Kier molecular flexibility index (Phi) is 4.71. The number of allylic oxidation sites excluding steroid dienone is 1. The van der Waals surface area contributed by atoms with Gasteiger partial charge in [0, 0.05) is 30.5 Å². The Morgan fingerprint density at radius 2 is 1.82 bits per heavy atom. The smallest absolute Gasteiger partial charge is 0.225 e. The van der Waals surface area contributed by atoms with Crippen LogP contribution >= 0.6 is 0 Å². The third-order valence-corrected chi connectivity index (χ3v) is 5.49. The predicted octanol–water partition coefficient (Wildman–Crippen LogP) is 3.50. The molecule has 1 atom stereocenters. The second-order valence-electron chi connectivity index (χ2n) is 8.71. The highest BCUT2D eigenvalue weighted by atomic mass is 16.5. The summed E-state index contributed by atoms with van der Waals surface area (Å²) < 4.78 is 9.69. The van der Waals surface area contributed by atoms with E-state index in [4.69, 9.17) is 15.6 Å². The SMILES string of the molecule is CC(C)(C)n1nc(-c2ncccn2)c2c1OC(N)=C(C#N)C2c1ccc(-n2ccnc2)cc1. The number of hydrogen-bond donors (Lipinski definition) is 1. The molecule has 0 saturated carbocycles. The number of aromatic nitrogens is 6. The lowest BCUT2D eigenvalue weighted by Gasteiger charge is -2.28. The van der Waals surface area contributed by atoms with E-state index in [9.17, 15) is 5.26 Å². The fraction of sp³-hybridized carbons (Fsp3) is 0.208. The number of ether oxygens (including phenoxy) is 1. The summed E-state index contributed by atoms with van der Waals surface area (Å²) in [5.74, 6) is 0.536. The number of benzene rings is 1. The zero-order chi connectivity index (χ0) is 23.2. The van der Waals surface area contributed by atoms with E-state index < -0.39 is 11.5 Å². The van der Waals surface area contributed by atoms with Crippen LogP contribution in [0.5, 0.6) is 5.88 Å². The minimum absolute atomic E-state index is 0.0691. The maximum Gasteiger partial charge on any atom is 0.225 e. The molecule has 0 bridgehead atoms. The van der Waals surface area contributed by atoms with Crippen LogP contribution < -0.4 is 10.5 Å². The monoisotopic (exact) mass is 438 g/mol. The molecule has 9 heteroatoms. The summed E-state index contributed by atoms with van der Waals surface area (Å²) in [6, 6.07) is 11.9. The average molecular weight is 438 g/mol. The highest BCUT2D eigenvalue weighted by Gasteiger charge is 2.39. The Hall–Kier alpha value is -4.45. The topological polar surface area (TPSA) is 120 Å². The van der Waals surface area contributed by atoms with Crippen LogP contribution in [0.15, 0.2) is 72.9 Å². The van der Waals surface area contributed by atoms with Crippen LogP contribution in [0.25, 0.3) is 17.2 Å². The average Bonchev–Trinajstić information content (AvgIpc) is 3.47. The van der Waals surface area contributed by atoms with E-state index in [0.717, 1.165) is 16.8 Å². The minimum Gasteiger partial charge on any atom is -0.422 e. The zero-order valence-corrected chi connectivity index (χ0v) is 18.5. The third kappa shape index (κ3) is 3.42. The molecule has 0 amide bonds. The molecule has 0 radical (unpaired) electrons. The Morgan fingerprint density at radius 3 is 2.42 bits per heavy atom. The van der Waals surface area contributed by atoms with Gasteiger partial charge < -0.3 is 15.0 Å². The van der Waals surface area contributed by atoms with Gasteiger partial charge in [0.05, 0.1) is 23.3 Å². The lowest BCUT2D eigenvalue weighted by Crippen LogP contribution is -2.27. The van der Waals surface area contributed by atoms with Crippen molar-refractivity contribution >= 4 is 0 Å². The van der Waals surface area contributed by atoms with Crippen molar-refractivity contribution in [2.75, 3.05) is 0 Å². The number of nitrogens with zero attached hydrogens (tertiary/aromatic N) is 7. The number of rotatable bonds is 3. The number of nitriles is 1. The van der Waals surface area contributed by atoms with E-state index in [2.05, 4.69) is 21.0 Å². The van der Waals surface area contributed by atoms with Crippen LogP contribution in [-0.2, 0) is 5.54 Å². The third-order valence-electron chi connectivity index (χ3n) is 5.49. The Balaban J connectivity index is 1.74. The second kappa shape index (κ2) is 7.60. The van der Waals surface area contributed by atoms with Gasteiger partial charge in [0.2, 0.25) is 11.8 Å². The summed E-state index contributed by atoms with van der Waals surface area (Å²) in [5.41, 5.74) is 9.28.